The van der Waals surface area contributed by atoms with Crippen LogP contribution in [0.3, 0.4) is 0 Å². The SMILES string of the molecule is CC(=O)c1sc(N2CCC(C)C2)c(C2CC2)c1N. The average Bonchev–Trinajstić information content (AvgIpc) is 2.95. The van der Waals surface area contributed by atoms with E-state index in [1.54, 1.807) is 18.3 Å². The largest absolute Gasteiger partial charge is 0.397 e. The van der Waals surface area contributed by atoms with Gasteiger partial charge in [-0.3, -0.25) is 4.79 Å². The Balaban J connectivity index is 2.01. The standard InChI is InChI=1S/C14H20N2OS/c1-8-5-6-16(7-8)14-11(10-3-4-10)12(15)13(18-14)9(2)17/h8,10H,3-7,15H2,1-2H3. The maximum Gasteiger partial charge on any atom is 0.171 e. The van der Waals surface area contributed by atoms with Crippen LogP contribution in [-0.4, -0.2) is 18.9 Å². The fourth-order valence-corrected chi connectivity index (χ4v) is 4.07. The Morgan fingerprint density at radius 1 is 1.39 bits per heavy atom. The third-order valence-corrected chi connectivity index (χ3v) is 5.36. The maximum absolute atomic E-state index is 11.7. The van der Waals surface area contributed by atoms with Gasteiger partial charge in [-0.15, -0.1) is 11.3 Å². The zero-order valence-corrected chi connectivity index (χ0v) is 11.8. The minimum absolute atomic E-state index is 0.109. The average molecular weight is 264 g/mol. The Morgan fingerprint density at radius 3 is 2.61 bits per heavy atom. The number of nitrogens with two attached hydrogens (primary N) is 1. The maximum atomic E-state index is 11.7. The van der Waals surface area contributed by atoms with E-state index in [0.29, 0.717) is 5.92 Å². The van der Waals surface area contributed by atoms with Crippen LogP contribution in [-0.2, 0) is 0 Å². The van der Waals surface area contributed by atoms with Gasteiger partial charge in [0.05, 0.1) is 15.6 Å². The van der Waals surface area contributed by atoms with Gasteiger partial charge >= 0.3 is 0 Å². The third-order valence-electron chi connectivity index (χ3n) is 3.98. The van der Waals surface area contributed by atoms with Crippen LogP contribution in [0.5, 0.6) is 0 Å². The summed E-state index contributed by atoms with van der Waals surface area (Å²) in [7, 11) is 0. The summed E-state index contributed by atoms with van der Waals surface area (Å²) >= 11 is 1.61. The second-order valence-electron chi connectivity index (χ2n) is 5.73. The predicted octanol–water partition coefficient (Wildman–Crippen LogP) is 3.26. The zero-order chi connectivity index (χ0) is 12.9. The van der Waals surface area contributed by atoms with Crippen LogP contribution in [0, 0.1) is 5.92 Å². The summed E-state index contributed by atoms with van der Waals surface area (Å²) in [6.07, 6.45) is 3.71. The van der Waals surface area contributed by atoms with Crippen molar-refractivity contribution in [2.75, 3.05) is 23.7 Å². The van der Waals surface area contributed by atoms with Crippen molar-refractivity contribution in [3.8, 4) is 0 Å². The van der Waals surface area contributed by atoms with Gasteiger partial charge in [0, 0.05) is 25.6 Å². The number of anilines is 2. The molecule has 0 bridgehead atoms. The van der Waals surface area contributed by atoms with Gasteiger partial charge in [0.15, 0.2) is 5.78 Å². The molecule has 1 unspecified atom stereocenters. The van der Waals surface area contributed by atoms with Crippen molar-refractivity contribution in [3.63, 3.8) is 0 Å². The van der Waals surface area contributed by atoms with Crippen LogP contribution in [0.4, 0.5) is 10.7 Å². The van der Waals surface area contributed by atoms with E-state index in [2.05, 4.69) is 11.8 Å². The zero-order valence-electron chi connectivity index (χ0n) is 11.0. The van der Waals surface area contributed by atoms with Gasteiger partial charge in [-0.1, -0.05) is 6.92 Å². The van der Waals surface area contributed by atoms with Crippen molar-refractivity contribution in [2.24, 2.45) is 5.92 Å². The third kappa shape index (κ3) is 1.92. The Kier molecular flexibility index (Phi) is 2.85. The van der Waals surface area contributed by atoms with Crippen LogP contribution in [0.2, 0.25) is 0 Å². The number of nitrogen functional groups attached to an aromatic ring is 1. The quantitative estimate of drug-likeness (QED) is 0.852. The normalized spacial score (nSPS) is 23.7. The second kappa shape index (κ2) is 4.26. The van der Waals surface area contributed by atoms with Crippen molar-refractivity contribution in [1.82, 2.24) is 0 Å². The number of hydrogen-bond acceptors (Lipinski definition) is 4. The molecular weight excluding hydrogens is 244 g/mol. The summed E-state index contributed by atoms with van der Waals surface area (Å²) in [6.45, 7) is 6.13. The van der Waals surface area contributed by atoms with Crippen LogP contribution in [0.1, 0.15) is 54.3 Å². The molecule has 3 rings (SSSR count). The van der Waals surface area contributed by atoms with Gasteiger partial charge in [0.1, 0.15) is 0 Å². The van der Waals surface area contributed by atoms with E-state index in [1.807, 2.05) is 0 Å². The molecule has 1 saturated carbocycles. The first-order valence-corrected chi connectivity index (χ1v) is 7.57. The number of ketones is 1. The van der Waals surface area contributed by atoms with E-state index < -0.39 is 0 Å². The molecule has 1 aliphatic carbocycles. The van der Waals surface area contributed by atoms with E-state index >= 15 is 0 Å². The molecule has 18 heavy (non-hydrogen) atoms. The van der Waals surface area contributed by atoms with Crippen LogP contribution in [0.25, 0.3) is 0 Å². The molecule has 0 amide bonds. The number of rotatable bonds is 3. The van der Waals surface area contributed by atoms with Crippen molar-refractivity contribution in [1.29, 1.82) is 0 Å². The van der Waals surface area contributed by atoms with Crippen LogP contribution in [0.15, 0.2) is 0 Å². The monoisotopic (exact) mass is 264 g/mol. The summed E-state index contributed by atoms with van der Waals surface area (Å²) in [5.41, 5.74) is 8.26. The molecular formula is C14H20N2OS. The highest BCUT2D eigenvalue weighted by atomic mass is 32.1. The summed E-state index contributed by atoms with van der Waals surface area (Å²) in [5, 5.41) is 1.28. The van der Waals surface area contributed by atoms with Crippen LogP contribution < -0.4 is 10.6 Å². The summed E-state index contributed by atoms with van der Waals surface area (Å²) < 4.78 is 0. The molecule has 2 aliphatic rings. The topological polar surface area (TPSA) is 46.3 Å². The Labute approximate surface area is 112 Å². The van der Waals surface area contributed by atoms with Crippen molar-refractivity contribution < 1.29 is 4.79 Å². The van der Waals surface area contributed by atoms with Gasteiger partial charge in [-0.2, -0.15) is 0 Å². The summed E-state index contributed by atoms with van der Waals surface area (Å²) in [6, 6.07) is 0. The molecule has 2 fully saturated rings. The summed E-state index contributed by atoms with van der Waals surface area (Å²) in [4.78, 5) is 14.9. The minimum Gasteiger partial charge on any atom is -0.397 e. The van der Waals surface area contributed by atoms with E-state index in [0.717, 1.165) is 29.6 Å². The van der Waals surface area contributed by atoms with Crippen LogP contribution >= 0.6 is 11.3 Å². The molecule has 0 spiro atoms. The predicted molar refractivity (Wildman–Crippen MR) is 76.7 cm³/mol. The molecule has 0 radical (unpaired) electrons. The lowest BCUT2D eigenvalue weighted by Crippen LogP contribution is -2.19. The molecule has 3 nitrogen and oxygen atoms in total. The number of nitrogens with zero attached hydrogens (tertiary/aromatic N) is 1. The first kappa shape index (κ1) is 12.0. The minimum atomic E-state index is 0.109. The van der Waals surface area contributed by atoms with Gasteiger partial charge < -0.3 is 10.6 Å². The summed E-state index contributed by atoms with van der Waals surface area (Å²) in [5.74, 6) is 1.47. The lowest BCUT2D eigenvalue weighted by molar-refractivity contribution is 0.102. The van der Waals surface area contributed by atoms with Crippen molar-refractivity contribution >= 4 is 27.8 Å². The molecule has 1 aromatic rings. The first-order valence-electron chi connectivity index (χ1n) is 6.76. The highest BCUT2D eigenvalue weighted by Gasteiger charge is 2.35. The molecule has 4 heteroatoms. The number of carbonyl (C=O) groups is 1. The van der Waals surface area contributed by atoms with Gasteiger partial charge in [-0.25, -0.2) is 0 Å². The molecule has 2 heterocycles. The molecule has 0 aromatic carbocycles. The molecule has 98 valence electrons. The highest BCUT2D eigenvalue weighted by molar-refractivity contribution is 7.18. The molecule has 2 N–H and O–H groups in total. The van der Waals surface area contributed by atoms with E-state index in [1.165, 1.54) is 29.8 Å². The Hall–Kier alpha value is -1.03. The number of carbonyl (C=O) groups excluding carboxylic acids is 1. The number of Topliss-reactive ketones (excluding diaryl/α,β-unsaturated/α-hetero) is 1. The molecule has 1 saturated heterocycles. The lowest BCUT2D eigenvalue weighted by atomic mass is 10.1. The lowest BCUT2D eigenvalue weighted by Gasteiger charge is -2.18. The second-order valence-corrected chi connectivity index (χ2v) is 6.73. The van der Waals surface area contributed by atoms with E-state index in [9.17, 15) is 4.79 Å². The number of hydrogen-bond donors (Lipinski definition) is 1. The van der Waals surface area contributed by atoms with Gasteiger partial charge in [-0.05, 0) is 31.1 Å². The van der Waals surface area contributed by atoms with Gasteiger partial charge in [0.25, 0.3) is 0 Å². The smallest absolute Gasteiger partial charge is 0.171 e. The van der Waals surface area contributed by atoms with E-state index in [4.69, 9.17) is 5.73 Å². The van der Waals surface area contributed by atoms with E-state index in [-0.39, 0.29) is 5.78 Å². The van der Waals surface area contributed by atoms with Crippen molar-refractivity contribution in [2.45, 2.75) is 39.0 Å². The van der Waals surface area contributed by atoms with Crippen molar-refractivity contribution in [3.05, 3.63) is 10.4 Å². The fourth-order valence-electron chi connectivity index (χ4n) is 2.83. The highest BCUT2D eigenvalue weighted by Crippen LogP contribution is 2.52. The number of thiophene rings is 1. The molecule has 1 aliphatic heterocycles. The Bertz CT molecular complexity index is 490. The molecule has 1 atom stereocenters. The molecule has 1 aromatic heterocycles. The fraction of sp³-hybridized carbons (Fsp3) is 0.643. The first-order chi connectivity index (χ1) is 8.58. The Morgan fingerprint density at radius 2 is 2.11 bits per heavy atom. The van der Waals surface area contributed by atoms with Gasteiger partial charge in [0.2, 0.25) is 0 Å².